The molecule has 0 aromatic carbocycles. The molecule has 0 radical (unpaired) electrons. The molecule has 1 atom stereocenters. The lowest BCUT2D eigenvalue weighted by molar-refractivity contribution is -0.0320. The van der Waals surface area contributed by atoms with Crippen molar-refractivity contribution >= 4 is 17.4 Å². The van der Waals surface area contributed by atoms with Gasteiger partial charge in [-0.25, -0.2) is 4.79 Å². The van der Waals surface area contributed by atoms with Gasteiger partial charge in [0.25, 0.3) is 0 Å². The number of aryl methyl sites for hydroxylation is 1. The quantitative estimate of drug-likeness (QED) is 0.784. The molecule has 2 heterocycles. The Labute approximate surface area is 141 Å². The molecule has 2 amide bonds. The molecule has 0 bridgehead atoms. The van der Waals surface area contributed by atoms with Crippen molar-refractivity contribution in [3.63, 3.8) is 0 Å². The number of amides is 2. The fourth-order valence-electron chi connectivity index (χ4n) is 3.21. The summed E-state index contributed by atoms with van der Waals surface area (Å²) < 4.78 is 11.1. The highest BCUT2D eigenvalue weighted by molar-refractivity contribution is 7.10. The van der Waals surface area contributed by atoms with Crippen molar-refractivity contribution in [1.29, 1.82) is 0 Å². The highest BCUT2D eigenvalue weighted by Crippen LogP contribution is 2.33. The lowest BCUT2D eigenvalue weighted by Crippen LogP contribution is -2.39. The summed E-state index contributed by atoms with van der Waals surface area (Å²) in [7, 11) is 0. The Morgan fingerprint density at radius 2 is 2.22 bits per heavy atom. The van der Waals surface area contributed by atoms with Gasteiger partial charge in [-0.3, -0.25) is 0 Å². The van der Waals surface area contributed by atoms with Crippen LogP contribution in [0.4, 0.5) is 4.79 Å². The molecule has 3 rings (SSSR count). The molecule has 5 nitrogen and oxygen atoms in total. The third-order valence-corrected chi connectivity index (χ3v) is 5.48. The number of rotatable bonds is 6. The van der Waals surface area contributed by atoms with Gasteiger partial charge in [-0.15, -0.1) is 11.3 Å². The summed E-state index contributed by atoms with van der Waals surface area (Å²) in [4.78, 5) is 13.5. The highest BCUT2D eigenvalue weighted by atomic mass is 32.1. The second kappa shape index (κ2) is 8.66. The van der Waals surface area contributed by atoms with Gasteiger partial charge in [0.2, 0.25) is 0 Å². The fraction of sp³-hybridized carbons (Fsp3) is 0.706. The summed E-state index contributed by atoms with van der Waals surface area (Å²) in [6, 6.07) is 2.25. The molecular formula is C17H26N2O3S. The summed E-state index contributed by atoms with van der Waals surface area (Å²) in [6.45, 7) is 2.95. The highest BCUT2D eigenvalue weighted by Gasteiger charge is 2.22. The molecule has 1 unspecified atom stereocenters. The zero-order valence-corrected chi connectivity index (χ0v) is 14.3. The van der Waals surface area contributed by atoms with E-state index in [0.717, 1.165) is 51.7 Å². The average molecular weight is 338 g/mol. The van der Waals surface area contributed by atoms with E-state index in [-0.39, 0.29) is 12.1 Å². The maximum Gasteiger partial charge on any atom is 0.315 e. The van der Waals surface area contributed by atoms with Gasteiger partial charge in [0, 0.05) is 31.2 Å². The number of hydrogen-bond acceptors (Lipinski definition) is 4. The van der Waals surface area contributed by atoms with Gasteiger partial charge in [-0.05, 0) is 55.5 Å². The minimum Gasteiger partial charge on any atom is -0.381 e. The van der Waals surface area contributed by atoms with E-state index >= 15 is 0 Å². The minimum atomic E-state index is -0.0693. The van der Waals surface area contributed by atoms with Gasteiger partial charge >= 0.3 is 6.03 Å². The third kappa shape index (κ3) is 4.93. The Hall–Kier alpha value is -1.11. The number of ether oxygens (including phenoxy) is 2. The van der Waals surface area contributed by atoms with E-state index in [0.29, 0.717) is 19.3 Å². The lowest BCUT2D eigenvalue weighted by Gasteiger charge is -2.24. The van der Waals surface area contributed by atoms with E-state index in [1.807, 2.05) is 0 Å². The fourth-order valence-corrected chi connectivity index (χ4v) is 4.20. The first-order chi connectivity index (χ1) is 11.3. The van der Waals surface area contributed by atoms with E-state index in [1.54, 1.807) is 11.3 Å². The maximum atomic E-state index is 12.0. The summed E-state index contributed by atoms with van der Waals surface area (Å²) in [5.41, 5.74) is 1.30. The maximum absolute atomic E-state index is 12.0. The first-order valence-electron chi connectivity index (χ1n) is 8.63. The van der Waals surface area contributed by atoms with Gasteiger partial charge in [-0.1, -0.05) is 0 Å². The third-order valence-electron chi connectivity index (χ3n) is 4.49. The summed E-state index contributed by atoms with van der Waals surface area (Å²) in [6.07, 6.45) is 6.48. The van der Waals surface area contributed by atoms with Crippen molar-refractivity contribution in [2.45, 2.75) is 50.7 Å². The van der Waals surface area contributed by atoms with Crippen LogP contribution in [0.2, 0.25) is 0 Å². The van der Waals surface area contributed by atoms with E-state index < -0.39 is 0 Å². The van der Waals surface area contributed by atoms with E-state index in [1.165, 1.54) is 10.4 Å². The second-order valence-electron chi connectivity index (χ2n) is 6.18. The molecule has 1 aliphatic heterocycles. The molecule has 23 heavy (non-hydrogen) atoms. The Morgan fingerprint density at radius 3 is 3.09 bits per heavy atom. The zero-order valence-electron chi connectivity index (χ0n) is 13.5. The van der Waals surface area contributed by atoms with Gasteiger partial charge in [0.1, 0.15) is 0 Å². The van der Waals surface area contributed by atoms with Crippen molar-refractivity contribution in [2.24, 2.45) is 0 Å². The second-order valence-corrected chi connectivity index (χ2v) is 7.18. The molecule has 0 spiro atoms. The predicted octanol–water partition coefficient (Wildman–Crippen LogP) is 3.01. The summed E-state index contributed by atoms with van der Waals surface area (Å²) >= 11 is 1.80. The number of urea groups is 1. The average Bonchev–Trinajstić information content (AvgIpc) is 3.05. The van der Waals surface area contributed by atoms with Crippen LogP contribution in [0.3, 0.4) is 0 Å². The van der Waals surface area contributed by atoms with Crippen LogP contribution in [0.25, 0.3) is 0 Å². The van der Waals surface area contributed by atoms with Gasteiger partial charge in [0.15, 0.2) is 0 Å². The molecule has 6 heteroatoms. The van der Waals surface area contributed by atoms with E-state index in [2.05, 4.69) is 22.1 Å². The number of hydrogen-bond donors (Lipinski definition) is 2. The summed E-state index contributed by atoms with van der Waals surface area (Å²) in [5, 5.41) is 8.16. The molecule has 0 saturated carbocycles. The van der Waals surface area contributed by atoms with Crippen molar-refractivity contribution < 1.29 is 14.3 Å². The first kappa shape index (κ1) is 16.7. The van der Waals surface area contributed by atoms with Gasteiger partial charge in [0.05, 0.1) is 12.1 Å². The molecule has 1 aliphatic carbocycles. The number of carbonyl (C=O) groups excluding carboxylic acids is 1. The van der Waals surface area contributed by atoms with E-state index in [4.69, 9.17) is 9.47 Å². The van der Waals surface area contributed by atoms with Crippen LogP contribution in [0.1, 0.15) is 48.6 Å². The predicted molar refractivity (Wildman–Crippen MR) is 90.9 cm³/mol. The summed E-state index contributed by atoms with van der Waals surface area (Å²) in [5.74, 6) is 0. The Balaban J connectivity index is 1.30. The number of thiophene rings is 1. The SMILES string of the molecule is O=C(NCCCOC1CCOCC1)NC1CCCc2sccc21. The van der Waals surface area contributed by atoms with Crippen molar-refractivity contribution in [3.05, 3.63) is 21.9 Å². The smallest absolute Gasteiger partial charge is 0.315 e. The molecular weight excluding hydrogens is 312 g/mol. The van der Waals surface area contributed by atoms with E-state index in [9.17, 15) is 4.79 Å². The van der Waals surface area contributed by atoms with Gasteiger partial charge in [-0.2, -0.15) is 0 Å². The standard InChI is InChI=1S/C17H26N2O3S/c20-17(18-8-2-9-22-13-5-10-21-11-6-13)19-15-3-1-4-16-14(15)7-12-23-16/h7,12-13,15H,1-6,8-11H2,(H2,18,19,20). The number of fused-ring (bicyclic) bond motifs is 1. The molecule has 2 N–H and O–H groups in total. The van der Waals surface area contributed by atoms with Crippen LogP contribution < -0.4 is 10.6 Å². The van der Waals surface area contributed by atoms with Crippen LogP contribution in [-0.2, 0) is 15.9 Å². The monoisotopic (exact) mass is 338 g/mol. The van der Waals surface area contributed by atoms with Crippen LogP contribution in [0.5, 0.6) is 0 Å². The van der Waals surface area contributed by atoms with Crippen molar-refractivity contribution in [1.82, 2.24) is 10.6 Å². The van der Waals surface area contributed by atoms with Crippen LogP contribution in [-0.4, -0.2) is 38.5 Å². The molecule has 1 aromatic rings. The normalized spacial score (nSPS) is 21.7. The van der Waals surface area contributed by atoms with Crippen LogP contribution in [0, 0.1) is 0 Å². The Morgan fingerprint density at radius 1 is 1.35 bits per heavy atom. The Bertz CT molecular complexity index is 500. The lowest BCUT2D eigenvalue weighted by atomic mass is 9.94. The van der Waals surface area contributed by atoms with Crippen molar-refractivity contribution in [2.75, 3.05) is 26.4 Å². The van der Waals surface area contributed by atoms with Gasteiger partial charge < -0.3 is 20.1 Å². The largest absolute Gasteiger partial charge is 0.381 e. The van der Waals surface area contributed by atoms with Crippen LogP contribution >= 0.6 is 11.3 Å². The number of nitrogens with one attached hydrogen (secondary N) is 2. The Kier molecular flexibility index (Phi) is 6.30. The molecule has 1 fully saturated rings. The molecule has 1 saturated heterocycles. The topological polar surface area (TPSA) is 59.6 Å². The minimum absolute atomic E-state index is 0.0693. The molecule has 1 aromatic heterocycles. The zero-order chi connectivity index (χ0) is 15.9. The van der Waals surface area contributed by atoms with Crippen molar-refractivity contribution in [3.8, 4) is 0 Å². The first-order valence-corrected chi connectivity index (χ1v) is 9.51. The molecule has 128 valence electrons. The molecule has 2 aliphatic rings. The van der Waals surface area contributed by atoms with Crippen LogP contribution in [0.15, 0.2) is 11.4 Å². The number of carbonyl (C=O) groups is 1.